The van der Waals surface area contributed by atoms with Crippen molar-refractivity contribution < 1.29 is 4.79 Å². The highest BCUT2D eigenvalue weighted by Crippen LogP contribution is 2.25. The van der Waals surface area contributed by atoms with Gasteiger partial charge >= 0.3 is 0 Å². The molecule has 0 atom stereocenters. The maximum absolute atomic E-state index is 12.8. The number of hydrogen-bond acceptors (Lipinski definition) is 4. The van der Waals surface area contributed by atoms with Crippen molar-refractivity contribution in [3.8, 4) is 11.4 Å². The number of ketones is 1. The van der Waals surface area contributed by atoms with Crippen LogP contribution in [0.2, 0.25) is 0 Å². The maximum Gasteiger partial charge on any atom is 0.191 e. The zero-order valence-corrected chi connectivity index (χ0v) is 16.8. The SMILES string of the molecule is C=CCn1c(C)cc(C(=O)CSc2nnc(-c3ccccc3)n2CC)c1C. The van der Waals surface area contributed by atoms with E-state index >= 15 is 0 Å². The van der Waals surface area contributed by atoms with Gasteiger partial charge in [0.25, 0.3) is 0 Å². The Hall–Kier alpha value is -2.60. The van der Waals surface area contributed by atoms with E-state index in [0.717, 1.165) is 40.0 Å². The molecule has 2 heterocycles. The van der Waals surface area contributed by atoms with Crippen molar-refractivity contribution in [1.82, 2.24) is 19.3 Å². The predicted octanol–water partition coefficient (Wildman–Crippen LogP) is 4.54. The second-order valence-electron chi connectivity index (χ2n) is 6.31. The minimum Gasteiger partial charge on any atom is -0.345 e. The standard InChI is InChI=1S/C21H24N4OS/c1-5-12-25-15(3)13-18(16(25)4)19(26)14-27-21-23-22-20(24(21)6-2)17-10-8-7-9-11-17/h5,7-11,13H,1,6,12,14H2,2-4H3. The van der Waals surface area contributed by atoms with Crippen LogP contribution in [0.15, 0.2) is 54.2 Å². The Morgan fingerprint density at radius 1 is 1.19 bits per heavy atom. The molecule has 0 radical (unpaired) electrons. The van der Waals surface area contributed by atoms with E-state index in [2.05, 4.69) is 28.3 Å². The van der Waals surface area contributed by atoms with Crippen LogP contribution in [0, 0.1) is 13.8 Å². The molecule has 0 spiro atoms. The molecule has 0 saturated heterocycles. The molecule has 0 fully saturated rings. The molecular weight excluding hydrogens is 356 g/mol. The van der Waals surface area contributed by atoms with Gasteiger partial charge in [0.2, 0.25) is 0 Å². The first kappa shape index (κ1) is 19.2. The molecule has 0 unspecified atom stereocenters. The first-order valence-electron chi connectivity index (χ1n) is 8.99. The van der Waals surface area contributed by atoms with Gasteiger partial charge in [0.15, 0.2) is 16.8 Å². The molecule has 0 amide bonds. The number of benzene rings is 1. The van der Waals surface area contributed by atoms with E-state index in [0.29, 0.717) is 12.3 Å². The summed E-state index contributed by atoms with van der Waals surface area (Å²) in [6, 6.07) is 11.9. The number of carbonyl (C=O) groups excluding carboxylic acids is 1. The number of carbonyl (C=O) groups is 1. The molecule has 6 heteroatoms. The number of nitrogens with zero attached hydrogens (tertiary/aromatic N) is 4. The summed E-state index contributed by atoms with van der Waals surface area (Å²) >= 11 is 1.44. The Bertz CT molecular complexity index is 956. The van der Waals surface area contributed by atoms with E-state index < -0.39 is 0 Å². The average Bonchev–Trinajstić information content (AvgIpc) is 3.22. The molecule has 5 nitrogen and oxygen atoms in total. The lowest BCUT2D eigenvalue weighted by Crippen LogP contribution is -2.07. The molecule has 3 rings (SSSR count). The molecule has 1 aromatic carbocycles. The van der Waals surface area contributed by atoms with Crippen LogP contribution in [-0.4, -0.2) is 30.9 Å². The largest absolute Gasteiger partial charge is 0.345 e. The van der Waals surface area contributed by atoms with Crippen LogP contribution in [0.25, 0.3) is 11.4 Å². The van der Waals surface area contributed by atoms with Gasteiger partial charge in [-0.25, -0.2) is 0 Å². The fraction of sp³-hybridized carbons (Fsp3) is 0.286. The lowest BCUT2D eigenvalue weighted by molar-refractivity contribution is 0.102. The van der Waals surface area contributed by atoms with E-state index in [9.17, 15) is 4.79 Å². The van der Waals surface area contributed by atoms with Crippen LogP contribution in [-0.2, 0) is 13.1 Å². The van der Waals surface area contributed by atoms with Gasteiger partial charge in [-0.3, -0.25) is 4.79 Å². The van der Waals surface area contributed by atoms with Crippen LogP contribution in [0.1, 0.15) is 28.7 Å². The van der Waals surface area contributed by atoms with Crippen LogP contribution in [0.3, 0.4) is 0 Å². The number of allylic oxidation sites excluding steroid dienone is 1. The second-order valence-corrected chi connectivity index (χ2v) is 7.25. The number of thioether (sulfide) groups is 1. The summed E-state index contributed by atoms with van der Waals surface area (Å²) in [5.74, 6) is 1.28. The third kappa shape index (κ3) is 3.90. The van der Waals surface area contributed by atoms with Gasteiger partial charge in [-0.15, -0.1) is 16.8 Å². The molecule has 0 aliphatic heterocycles. The third-order valence-corrected chi connectivity index (χ3v) is 5.55. The Labute approximate surface area is 164 Å². The normalized spacial score (nSPS) is 10.9. The summed E-state index contributed by atoms with van der Waals surface area (Å²) in [6.07, 6.45) is 1.85. The number of aromatic nitrogens is 4. The number of aryl methyl sites for hydroxylation is 1. The zero-order chi connectivity index (χ0) is 19.4. The van der Waals surface area contributed by atoms with Crippen molar-refractivity contribution in [3.05, 3.63) is 66.0 Å². The predicted molar refractivity (Wildman–Crippen MR) is 110 cm³/mol. The van der Waals surface area contributed by atoms with Gasteiger partial charge < -0.3 is 9.13 Å². The van der Waals surface area contributed by atoms with Crippen molar-refractivity contribution in [2.45, 2.75) is 39.0 Å². The van der Waals surface area contributed by atoms with E-state index in [-0.39, 0.29) is 5.78 Å². The van der Waals surface area contributed by atoms with Crippen LogP contribution >= 0.6 is 11.8 Å². The van der Waals surface area contributed by atoms with Gasteiger partial charge in [-0.05, 0) is 26.8 Å². The van der Waals surface area contributed by atoms with E-state index in [4.69, 9.17) is 0 Å². The Morgan fingerprint density at radius 3 is 2.59 bits per heavy atom. The third-order valence-electron chi connectivity index (χ3n) is 4.58. The van der Waals surface area contributed by atoms with E-state index in [1.807, 2.05) is 60.9 Å². The highest BCUT2D eigenvalue weighted by Gasteiger charge is 2.18. The van der Waals surface area contributed by atoms with Gasteiger partial charge in [-0.1, -0.05) is 48.2 Å². The molecular formula is C21H24N4OS. The fourth-order valence-corrected chi connectivity index (χ4v) is 4.07. The molecule has 0 saturated carbocycles. The fourth-order valence-electron chi connectivity index (χ4n) is 3.18. The van der Waals surface area contributed by atoms with Gasteiger partial charge in [0, 0.05) is 35.6 Å². The van der Waals surface area contributed by atoms with Crippen LogP contribution in [0.4, 0.5) is 0 Å². The summed E-state index contributed by atoms with van der Waals surface area (Å²) in [7, 11) is 0. The minimum absolute atomic E-state index is 0.107. The molecule has 0 N–H and O–H groups in total. The Balaban J connectivity index is 1.78. The highest BCUT2D eigenvalue weighted by atomic mass is 32.2. The summed E-state index contributed by atoms with van der Waals surface area (Å²) in [5.41, 5.74) is 3.86. The smallest absolute Gasteiger partial charge is 0.191 e. The first-order chi connectivity index (χ1) is 13.1. The summed E-state index contributed by atoms with van der Waals surface area (Å²) in [5, 5.41) is 9.41. The van der Waals surface area contributed by atoms with Crippen molar-refractivity contribution in [3.63, 3.8) is 0 Å². The summed E-state index contributed by atoms with van der Waals surface area (Å²) in [6.45, 7) is 11.3. The topological polar surface area (TPSA) is 52.7 Å². The summed E-state index contributed by atoms with van der Waals surface area (Å²) < 4.78 is 4.15. The molecule has 140 valence electrons. The molecule has 0 bridgehead atoms. The van der Waals surface area contributed by atoms with E-state index in [1.54, 1.807) is 0 Å². The Morgan fingerprint density at radius 2 is 1.93 bits per heavy atom. The maximum atomic E-state index is 12.8. The minimum atomic E-state index is 0.107. The molecule has 27 heavy (non-hydrogen) atoms. The molecule has 3 aromatic rings. The van der Waals surface area contributed by atoms with E-state index in [1.165, 1.54) is 11.8 Å². The van der Waals surface area contributed by atoms with Crippen molar-refractivity contribution in [2.24, 2.45) is 0 Å². The quantitative estimate of drug-likeness (QED) is 0.327. The Kier molecular flexibility index (Phi) is 5.96. The van der Waals surface area contributed by atoms with Gasteiger partial charge in [0.1, 0.15) is 0 Å². The van der Waals surface area contributed by atoms with Crippen LogP contribution < -0.4 is 0 Å². The molecule has 2 aromatic heterocycles. The number of hydrogen-bond donors (Lipinski definition) is 0. The van der Waals surface area contributed by atoms with Crippen molar-refractivity contribution in [1.29, 1.82) is 0 Å². The number of Topliss-reactive ketones (excluding diaryl/α,β-unsaturated/α-hetero) is 1. The monoisotopic (exact) mass is 380 g/mol. The average molecular weight is 381 g/mol. The first-order valence-corrected chi connectivity index (χ1v) is 9.97. The highest BCUT2D eigenvalue weighted by molar-refractivity contribution is 7.99. The molecule has 0 aliphatic carbocycles. The number of rotatable bonds is 8. The van der Waals surface area contributed by atoms with Gasteiger partial charge in [0.05, 0.1) is 5.75 Å². The van der Waals surface area contributed by atoms with Crippen molar-refractivity contribution >= 4 is 17.5 Å². The summed E-state index contributed by atoms with van der Waals surface area (Å²) in [4.78, 5) is 12.8. The van der Waals surface area contributed by atoms with Gasteiger partial charge in [-0.2, -0.15) is 0 Å². The zero-order valence-electron chi connectivity index (χ0n) is 16.0. The molecule has 0 aliphatic rings. The second kappa shape index (κ2) is 8.39. The lowest BCUT2D eigenvalue weighted by Gasteiger charge is -2.08. The van der Waals surface area contributed by atoms with Crippen molar-refractivity contribution in [2.75, 3.05) is 5.75 Å². The van der Waals surface area contributed by atoms with Crippen LogP contribution in [0.5, 0.6) is 0 Å². The lowest BCUT2D eigenvalue weighted by atomic mass is 10.2.